The molecule has 0 aliphatic heterocycles. The largest absolute Gasteiger partial charge is 0.352 e. The van der Waals surface area contributed by atoms with Crippen LogP contribution in [-0.2, 0) is 26.2 Å². The number of amides is 2. The van der Waals surface area contributed by atoms with Gasteiger partial charge in [-0.3, -0.25) is 13.9 Å². The molecule has 0 spiro atoms. The average Bonchev–Trinajstić information content (AvgIpc) is 3.44. The third-order valence-electron chi connectivity index (χ3n) is 7.07. The molecule has 4 rings (SSSR count). The normalized spacial score (nSPS) is 14.5. The van der Waals surface area contributed by atoms with E-state index in [1.54, 1.807) is 43.3 Å². The van der Waals surface area contributed by atoms with Gasteiger partial charge in [0.1, 0.15) is 12.6 Å². The molecule has 39 heavy (non-hydrogen) atoms. The molecule has 1 unspecified atom stereocenters. The number of hydrogen-bond donors (Lipinski definition) is 1. The molecule has 0 radical (unpaired) electrons. The Morgan fingerprint density at radius 3 is 2.18 bits per heavy atom. The van der Waals surface area contributed by atoms with Crippen molar-refractivity contribution in [2.24, 2.45) is 0 Å². The zero-order valence-corrected chi connectivity index (χ0v) is 23.8. The summed E-state index contributed by atoms with van der Waals surface area (Å²) < 4.78 is 28.7. The molecule has 1 N–H and O–H groups in total. The Balaban J connectivity index is 1.66. The number of hydrogen-bond acceptors (Lipinski definition) is 4. The van der Waals surface area contributed by atoms with E-state index in [9.17, 15) is 18.0 Å². The van der Waals surface area contributed by atoms with Gasteiger partial charge in [-0.25, -0.2) is 8.42 Å². The Morgan fingerprint density at radius 2 is 1.56 bits per heavy atom. The van der Waals surface area contributed by atoms with Gasteiger partial charge < -0.3 is 10.2 Å². The van der Waals surface area contributed by atoms with Crippen molar-refractivity contribution in [2.45, 2.75) is 63.1 Å². The number of aryl methyl sites for hydroxylation is 1. The number of nitrogens with zero attached hydrogens (tertiary/aromatic N) is 2. The lowest BCUT2D eigenvalue weighted by Gasteiger charge is -2.32. The standard InChI is InChI=1S/C30H34ClN3O4S/c1-22-12-18-28(19-13-22)39(37,38)34(27-16-14-25(31)15-17-27)21-29(35)33(20-24-8-4-3-5-9-24)23(2)30(36)32-26-10-6-7-11-26/h3-5,8-9,12-19,23,26H,6-7,10-11,20-21H2,1-2H3,(H,32,36). The molecule has 0 bridgehead atoms. The van der Waals surface area contributed by atoms with Crippen LogP contribution in [0.2, 0.25) is 5.02 Å². The molecule has 1 aliphatic carbocycles. The van der Waals surface area contributed by atoms with Gasteiger partial charge in [0.15, 0.2) is 0 Å². The zero-order valence-electron chi connectivity index (χ0n) is 22.2. The van der Waals surface area contributed by atoms with Gasteiger partial charge in [-0.05, 0) is 68.7 Å². The summed E-state index contributed by atoms with van der Waals surface area (Å²) >= 11 is 6.07. The lowest BCUT2D eigenvalue weighted by atomic mass is 10.1. The summed E-state index contributed by atoms with van der Waals surface area (Å²) in [5.74, 6) is -0.732. The number of carbonyl (C=O) groups is 2. The summed E-state index contributed by atoms with van der Waals surface area (Å²) in [6.07, 6.45) is 3.98. The highest BCUT2D eigenvalue weighted by atomic mass is 35.5. The summed E-state index contributed by atoms with van der Waals surface area (Å²) in [5.41, 5.74) is 2.06. The minimum absolute atomic E-state index is 0.0671. The van der Waals surface area contributed by atoms with Crippen molar-refractivity contribution in [3.8, 4) is 0 Å². The summed E-state index contributed by atoms with van der Waals surface area (Å²) in [6, 6.07) is 21.4. The molecule has 0 heterocycles. The molecule has 3 aromatic carbocycles. The van der Waals surface area contributed by atoms with Crippen LogP contribution in [0.25, 0.3) is 0 Å². The van der Waals surface area contributed by atoms with Crippen molar-refractivity contribution in [1.29, 1.82) is 0 Å². The van der Waals surface area contributed by atoms with Gasteiger partial charge in [0, 0.05) is 17.6 Å². The quantitative estimate of drug-likeness (QED) is 0.359. The molecule has 9 heteroatoms. The van der Waals surface area contributed by atoms with Crippen LogP contribution in [-0.4, -0.2) is 43.8 Å². The maximum Gasteiger partial charge on any atom is 0.264 e. The van der Waals surface area contributed by atoms with Gasteiger partial charge in [0.05, 0.1) is 10.6 Å². The van der Waals surface area contributed by atoms with Crippen LogP contribution in [0.3, 0.4) is 0 Å². The van der Waals surface area contributed by atoms with Crippen molar-refractivity contribution in [1.82, 2.24) is 10.2 Å². The molecule has 1 fully saturated rings. The first-order valence-corrected chi connectivity index (χ1v) is 15.0. The lowest BCUT2D eigenvalue weighted by Crippen LogP contribution is -2.52. The monoisotopic (exact) mass is 567 g/mol. The Bertz CT molecular complexity index is 1370. The predicted octanol–water partition coefficient (Wildman–Crippen LogP) is 5.32. The Labute approximate surface area is 235 Å². The highest BCUT2D eigenvalue weighted by Crippen LogP contribution is 2.26. The second kappa shape index (κ2) is 12.7. The number of halogens is 1. The Kier molecular flexibility index (Phi) is 9.30. The van der Waals surface area contributed by atoms with E-state index in [0.717, 1.165) is 41.1 Å². The minimum Gasteiger partial charge on any atom is -0.352 e. The van der Waals surface area contributed by atoms with Crippen LogP contribution in [0, 0.1) is 6.92 Å². The first-order valence-electron chi connectivity index (χ1n) is 13.1. The fraction of sp³-hybridized carbons (Fsp3) is 0.333. The van der Waals surface area contributed by atoms with Crippen molar-refractivity contribution in [3.63, 3.8) is 0 Å². The highest BCUT2D eigenvalue weighted by Gasteiger charge is 2.33. The van der Waals surface area contributed by atoms with E-state index in [2.05, 4.69) is 5.32 Å². The van der Waals surface area contributed by atoms with Crippen LogP contribution in [0.5, 0.6) is 0 Å². The van der Waals surface area contributed by atoms with E-state index in [1.165, 1.54) is 17.0 Å². The summed E-state index contributed by atoms with van der Waals surface area (Å²) in [4.78, 5) is 28.7. The van der Waals surface area contributed by atoms with Gasteiger partial charge in [-0.1, -0.05) is 72.5 Å². The number of carbonyl (C=O) groups excluding carboxylic acids is 2. The van der Waals surface area contributed by atoms with Crippen molar-refractivity contribution >= 4 is 39.1 Å². The molecule has 1 aliphatic rings. The second-order valence-electron chi connectivity index (χ2n) is 9.97. The summed E-state index contributed by atoms with van der Waals surface area (Å²) in [5, 5.41) is 3.52. The maximum atomic E-state index is 13.9. The van der Waals surface area contributed by atoms with Crippen molar-refractivity contribution in [2.75, 3.05) is 10.8 Å². The number of anilines is 1. The maximum absolute atomic E-state index is 13.9. The molecular weight excluding hydrogens is 534 g/mol. The smallest absolute Gasteiger partial charge is 0.264 e. The lowest BCUT2D eigenvalue weighted by molar-refractivity contribution is -0.139. The van der Waals surface area contributed by atoms with E-state index in [1.807, 2.05) is 37.3 Å². The molecule has 7 nitrogen and oxygen atoms in total. The third-order valence-corrected chi connectivity index (χ3v) is 9.11. The van der Waals surface area contributed by atoms with E-state index < -0.39 is 28.5 Å². The number of sulfonamides is 1. The molecular formula is C30H34ClN3O4S. The Hall–Kier alpha value is -3.36. The van der Waals surface area contributed by atoms with Gasteiger partial charge in [-0.15, -0.1) is 0 Å². The van der Waals surface area contributed by atoms with Crippen LogP contribution >= 0.6 is 11.6 Å². The van der Waals surface area contributed by atoms with Gasteiger partial charge >= 0.3 is 0 Å². The SMILES string of the molecule is Cc1ccc(S(=O)(=O)N(CC(=O)N(Cc2ccccc2)C(C)C(=O)NC2CCCC2)c2ccc(Cl)cc2)cc1. The fourth-order valence-electron chi connectivity index (χ4n) is 4.73. The van der Waals surface area contributed by atoms with Gasteiger partial charge in [0.25, 0.3) is 10.0 Å². The summed E-state index contributed by atoms with van der Waals surface area (Å²) in [7, 11) is -4.11. The van der Waals surface area contributed by atoms with E-state index in [0.29, 0.717) is 10.7 Å². The van der Waals surface area contributed by atoms with Crippen LogP contribution in [0.1, 0.15) is 43.7 Å². The van der Waals surface area contributed by atoms with E-state index in [-0.39, 0.29) is 23.4 Å². The second-order valence-corrected chi connectivity index (χ2v) is 12.3. The van der Waals surface area contributed by atoms with Crippen molar-refractivity contribution in [3.05, 3.63) is 95.0 Å². The molecule has 0 saturated heterocycles. The number of rotatable bonds is 10. The van der Waals surface area contributed by atoms with Crippen LogP contribution < -0.4 is 9.62 Å². The summed E-state index contributed by atoms with van der Waals surface area (Å²) in [6.45, 7) is 3.24. The third kappa shape index (κ3) is 7.19. The minimum atomic E-state index is -4.11. The van der Waals surface area contributed by atoms with E-state index >= 15 is 0 Å². The van der Waals surface area contributed by atoms with Gasteiger partial charge in [-0.2, -0.15) is 0 Å². The van der Waals surface area contributed by atoms with E-state index in [4.69, 9.17) is 11.6 Å². The van der Waals surface area contributed by atoms with Gasteiger partial charge in [0.2, 0.25) is 11.8 Å². The van der Waals surface area contributed by atoms with Crippen LogP contribution in [0.15, 0.2) is 83.8 Å². The van der Waals surface area contributed by atoms with Crippen LogP contribution in [0.4, 0.5) is 5.69 Å². The number of nitrogens with one attached hydrogen (secondary N) is 1. The first-order chi connectivity index (χ1) is 18.6. The van der Waals surface area contributed by atoms with Crippen molar-refractivity contribution < 1.29 is 18.0 Å². The highest BCUT2D eigenvalue weighted by molar-refractivity contribution is 7.92. The molecule has 3 aromatic rings. The predicted molar refractivity (Wildman–Crippen MR) is 154 cm³/mol. The fourth-order valence-corrected chi connectivity index (χ4v) is 6.27. The topological polar surface area (TPSA) is 86.8 Å². The molecule has 1 saturated carbocycles. The molecule has 1 atom stereocenters. The zero-order chi connectivity index (χ0) is 28.0. The average molecular weight is 568 g/mol. The Morgan fingerprint density at radius 1 is 0.949 bits per heavy atom. The molecule has 206 valence electrons. The molecule has 0 aromatic heterocycles. The number of benzene rings is 3. The first kappa shape index (κ1) is 28.6. The molecule has 2 amide bonds.